The van der Waals surface area contributed by atoms with Gasteiger partial charge in [-0.05, 0) is 41.7 Å². The van der Waals surface area contributed by atoms with E-state index in [2.05, 4.69) is 5.29 Å². The van der Waals surface area contributed by atoms with E-state index >= 15 is 0 Å². The maximum Gasteiger partial charge on any atom is 0.0751 e. The molecule has 5 heteroatoms. The van der Waals surface area contributed by atoms with Crippen molar-refractivity contribution in [3.8, 4) is 0 Å². The first kappa shape index (κ1) is 11.9. The first-order chi connectivity index (χ1) is 11.8. The van der Waals surface area contributed by atoms with Crippen molar-refractivity contribution in [1.29, 1.82) is 0 Å². The minimum absolute atomic E-state index is 0.0623. The molecule has 0 spiro atoms. The van der Waals surface area contributed by atoms with Gasteiger partial charge in [-0.1, -0.05) is 53.5 Å². The summed E-state index contributed by atoms with van der Waals surface area (Å²) in [7, 11) is 0. The topological polar surface area (TPSA) is 32.7 Å². The molecule has 0 saturated carbocycles. The predicted octanol–water partition coefficient (Wildman–Crippen LogP) is 5.57. The van der Waals surface area contributed by atoms with Crippen LogP contribution in [-0.2, 0) is 0 Å². The molecule has 0 bridgehead atoms. The number of benzene rings is 2. The zero-order valence-corrected chi connectivity index (χ0v) is 13.2. The molecule has 0 aliphatic heterocycles. The van der Waals surface area contributed by atoms with Gasteiger partial charge in [0.1, 0.15) is 0 Å². The van der Waals surface area contributed by atoms with Gasteiger partial charge in [-0.15, -0.1) is 4.91 Å². The Morgan fingerprint density at radius 1 is 1.14 bits per heavy atom. The molecule has 1 aliphatic carbocycles. The number of nitroso groups, excluding NO2 is 1. The van der Waals surface area contributed by atoms with Crippen LogP contribution in [0.5, 0.6) is 0 Å². The molecule has 0 fully saturated rings. The van der Waals surface area contributed by atoms with Crippen molar-refractivity contribution < 1.29 is 4.11 Å². The van der Waals surface area contributed by atoms with Gasteiger partial charge in [-0.25, -0.2) is 0 Å². The zero-order valence-electron chi connectivity index (χ0n) is 14.7. The van der Waals surface area contributed by atoms with Crippen molar-refractivity contribution in [2.24, 2.45) is 5.29 Å². The van der Waals surface area contributed by atoms with E-state index in [1.807, 2.05) is 36.4 Å². The molecule has 0 saturated heterocycles. The molecule has 0 heterocycles. The lowest BCUT2D eigenvalue weighted by Crippen LogP contribution is -2.25. The summed E-state index contributed by atoms with van der Waals surface area (Å²) in [6, 6.07) is 12.5. The fraction of sp³-hybridized carbons (Fsp3) is 0.294. The highest BCUT2D eigenvalue weighted by Crippen LogP contribution is 2.44. The Balaban J connectivity index is 2.04. The van der Waals surface area contributed by atoms with Crippen LogP contribution in [0.25, 0.3) is 0 Å². The number of nitrogens with zero attached hydrogens (tertiary/aromatic N) is 2. The summed E-state index contributed by atoms with van der Waals surface area (Å²) in [6.45, 7) is -2.57. The van der Waals surface area contributed by atoms with Crippen molar-refractivity contribution in [2.75, 3.05) is 6.98 Å². The summed E-state index contributed by atoms with van der Waals surface area (Å²) in [6.07, 6.45) is 1.19. The smallest absolute Gasteiger partial charge is 0.0751 e. The van der Waals surface area contributed by atoms with Crippen molar-refractivity contribution in [2.45, 2.75) is 24.8 Å². The molecule has 0 unspecified atom stereocenters. The second-order valence-corrected chi connectivity index (χ2v) is 6.19. The van der Waals surface area contributed by atoms with Crippen LogP contribution in [0.2, 0.25) is 10.0 Å². The van der Waals surface area contributed by atoms with Crippen molar-refractivity contribution in [3.63, 3.8) is 0 Å². The number of fused-ring (bicyclic) bond motifs is 1. The maximum absolute atomic E-state index is 11.2. The van der Waals surface area contributed by atoms with Crippen LogP contribution in [0.1, 0.15) is 45.6 Å². The van der Waals surface area contributed by atoms with Crippen LogP contribution < -0.4 is 0 Å². The van der Waals surface area contributed by atoms with E-state index in [0.29, 0.717) is 27.9 Å². The molecule has 22 heavy (non-hydrogen) atoms. The minimum Gasteiger partial charge on any atom is -0.256 e. The third-order valence-electron chi connectivity index (χ3n) is 4.19. The monoisotopic (exact) mass is 339 g/mol. The summed E-state index contributed by atoms with van der Waals surface area (Å²) in [5.74, 6) is 0.0623. The Bertz CT molecular complexity index is 798. The van der Waals surface area contributed by atoms with Crippen LogP contribution in [0.15, 0.2) is 47.8 Å². The molecule has 1 aliphatic rings. The highest BCUT2D eigenvalue weighted by atomic mass is 35.5. The average molecular weight is 340 g/mol. The highest BCUT2D eigenvalue weighted by molar-refractivity contribution is 6.42. The van der Waals surface area contributed by atoms with Gasteiger partial charge in [0.05, 0.1) is 21.4 Å². The number of rotatable bonds is 3. The fourth-order valence-electron chi connectivity index (χ4n) is 3.15. The Hall–Kier alpha value is -1.58. The molecule has 0 amide bonds. The lowest BCUT2D eigenvalue weighted by Gasteiger charge is -2.34. The van der Waals surface area contributed by atoms with E-state index in [1.54, 1.807) is 6.07 Å². The second-order valence-electron chi connectivity index (χ2n) is 5.37. The molecule has 3 rings (SSSR count). The fourth-order valence-corrected chi connectivity index (χ4v) is 3.46. The Labute approximate surface area is 144 Å². The number of hydrogen-bond donors (Lipinski definition) is 0. The largest absolute Gasteiger partial charge is 0.256 e. The zero-order chi connectivity index (χ0) is 18.2. The van der Waals surface area contributed by atoms with Gasteiger partial charge in [0, 0.05) is 17.0 Å². The van der Waals surface area contributed by atoms with Crippen LogP contribution in [0, 0.1) is 4.91 Å². The summed E-state index contributed by atoms with van der Waals surface area (Å²) < 4.78 is 22.7. The Kier molecular flexibility index (Phi) is 3.40. The Morgan fingerprint density at radius 2 is 1.91 bits per heavy atom. The lowest BCUT2D eigenvalue weighted by atomic mass is 9.77. The van der Waals surface area contributed by atoms with Gasteiger partial charge in [0.2, 0.25) is 0 Å². The van der Waals surface area contributed by atoms with Gasteiger partial charge >= 0.3 is 0 Å². The average Bonchev–Trinajstić information content (AvgIpc) is 2.57. The Morgan fingerprint density at radius 3 is 2.59 bits per heavy atom. The van der Waals surface area contributed by atoms with E-state index in [9.17, 15) is 4.91 Å². The van der Waals surface area contributed by atoms with Crippen molar-refractivity contribution in [1.82, 2.24) is 5.01 Å². The van der Waals surface area contributed by atoms with Gasteiger partial charge in [0.25, 0.3) is 0 Å². The van der Waals surface area contributed by atoms with Gasteiger partial charge in [-0.3, -0.25) is 5.01 Å². The molecule has 2 atom stereocenters. The normalized spacial score (nSPS) is 22.9. The molecule has 0 radical (unpaired) electrons. The highest BCUT2D eigenvalue weighted by Gasteiger charge is 2.30. The maximum atomic E-state index is 11.2. The molecular formula is C17H16Cl2N2O. The summed E-state index contributed by atoms with van der Waals surface area (Å²) in [4.78, 5) is 11.2. The van der Waals surface area contributed by atoms with Crippen LogP contribution in [0.3, 0.4) is 0 Å². The molecule has 0 aromatic heterocycles. The predicted molar refractivity (Wildman–Crippen MR) is 90.3 cm³/mol. The molecular weight excluding hydrogens is 321 g/mol. The number of hydrogen-bond acceptors (Lipinski definition) is 2. The summed E-state index contributed by atoms with van der Waals surface area (Å²) in [5.41, 5.74) is 2.80. The van der Waals surface area contributed by atoms with Crippen LogP contribution in [-0.4, -0.2) is 12.0 Å². The van der Waals surface area contributed by atoms with E-state index in [4.69, 9.17) is 27.3 Å². The summed E-state index contributed by atoms with van der Waals surface area (Å²) in [5, 5.41) is 4.45. The van der Waals surface area contributed by atoms with E-state index in [-0.39, 0.29) is 5.92 Å². The lowest BCUT2D eigenvalue weighted by molar-refractivity contribution is 0.223. The quantitative estimate of drug-likeness (QED) is 0.316. The molecule has 2 aromatic rings. The van der Waals surface area contributed by atoms with Crippen LogP contribution in [0.4, 0.5) is 0 Å². The third-order valence-corrected chi connectivity index (χ3v) is 4.93. The molecule has 0 N–H and O–H groups in total. The van der Waals surface area contributed by atoms with Gasteiger partial charge in [0.15, 0.2) is 0 Å². The van der Waals surface area contributed by atoms with Gasteiger partial charge in [-0.2, -0.15) is 0 Å². The van der Waals surface area contributed by atoms with Crippen molar-refractivity contribution >= 4 is 23.2 Å². The minimum atomic E-state index is -2.57. The van der Waals surface area contributed by atoms with E-state index < -0.39 is 13.0 Å². The standard InChI is InChI=1S/C17H16Cl2N2O/c1-21(20-22)17-9-7-12(13-4-2-3-5-14(13)17)11-6-8-15(18)16(19)10-11/h2-6,8,10,12,17H,7,9H2,1H3/t12-,17-/m0/s1/i1+1D3,21+1. The van der Waals surface area contributed by atoms with Crippen LogP contribution >= 0.6 is 23.2 Å². The first-order valence-corrected chi connectivity index (χ1v) is 7.75. The van der Waals surface area contributed by atoms with Crippen molar-refractivity contribution in [3.05, 3.63) is 74.1 Å². The second kappa shape index (κ2) is 6.27. The van der Waals surface area contributed by atoms with E-state index in [1.165, 1.54) is 0 Å². The number of halogens is 2. The SMILES string of the molecule is [2H][13C]([2H])([2H])[15N](N=O)[C@H]1CC[C@@H](c2ccc(Cl)c(Cl)c2)c2ccccc21. The summed E-state index contributed by atoms with van der Waals surface area (Å²) >= 11 is 12.2. The molecule has 2 aromatic carbocycles. The first-order valence-electron chi connectivity index (χ1n) is 8.49. The third kappa shape index (κ3) is 2.71. The van der Waals surface area contributed by atoms with Gasteiger partial charge < -0.3 is 0 Å². The molecule has 3 nitrogen and oxygen atoms in total. The molecule has 114 valence electrons. The van der Waals surface area contributed by atoms with E-state index in [0.717, 1.165) is 16.7 Å².